The molecule has 24 heavy (non-hydrogen) atoms. The van der Waals surface area contributed by atoms with E-state index in [9.17, 15) is 0 Å². The van der Waals surface area contributed by atoms with E-state index in [4.69, 9.17) is 0 Å². The van der Waals surface area contributed by atoms with Gasteiger partial charge in [-0.1, -0.05) is 24.3 Å². The lowest BCUT2D eigenvalue weighted by atomic mass is 10.2. The van der Waals surface area contributed by atoms with Crippen LogP contribution in [0.15, 0.2) is 42.6 Å². The second-order valence-electron chi connectivity index (χ2n) is 5.56. The molecule has 2 aromatic rings. The van der Waals surface area contributed by atoms with E-state index < -0.39 is 0 Å². The fourth-order valence-corrected chi connectivity index (χ4v) is 3.12. The summed E-state index contributed by atoms with van der Waals surface area (Å²) in [6.45, 7) is 12.2. The number of aromatic nitrogens is 1. The molecule has 0 amide bonds. The molecule has 3 nitrogen and oxygen atoms in total. The van der Waals surface area contributed by atoms with Gasteiger partial charge in [0.05, 0.1) is 31.7 Å². The molecule has 0 saturated carbocycles. The molecule has 4 heteroatoms. The summed E-state index contributed by atoms with van der Waals surface area (Å²) in [7, 11) is 1.50. The monoisotopic (exact) mass is 350 g/mol. The molecule has 136 valence electrons. The number of pyridine rings is 1. The van der Waals surface area contributed by atoms with Gasteiger partial charge in [0.25, 0.3) is 0 Å². The predicted octanol–water partition coefficient (Wildman–Crippen LogP) is 4.43. The first-order valence-corrected chi connectivity index (χ1v) is 10.3. The summed E-state index contributed by atoms with van der Waals surface area (Å²) in [5.41, 5.74) is 5.56. The Hall–Kier alpha value is -1.10. The van der Waals surface area contributed by atoms with Gasteiger partial charge >= 0.3 is 0 Å². The largest absolute Gasteiger partial charge is 0.333 e. The molecule has 1 heterocycles. The lowest BCUT2D eigenvalue weighted by Crippen LogP contribution is -2.48. The third-order valence-corrected chi connectivity index (χ3v) is 5.20. The molecule has 0 aliphatic carbocycles. The van der Waals surface area contributed by atoms with Gasteiger partial charge in [0.1, 0.15) is 0 Å². The fraction of sp³-hybridized carbons (Fsp3) is 0.550. The molecule has 0 radical (unpaired) electrons. The van der Waals surface area contributed by atoms with Crippen LogP contribution in [0.1, 0.15) is 27.2 Å². The number of hydrogen-bond donors (Lipinski definition) is 1. The van der Waals surface area contributed by atoms with Crippen molar-refractivity contribution in [1.82, 2.24) is 4.98 Å². The second kappa shape index (κ2) is 14.3. The highest BCUT2D eigenvalue weighted by molar-refractivity contribution is 7.98. The maximum atomic E-state index is 4.50. The Balaban J connectivity index is 0.000000402. The van der Waals surface area contributed by atoms with Gasteiger partial charge in [0.2, 0.25) is 0 Å². The Morgan fingerprint density at radius 3 is 2.08 bits per heavy atom. The van der Waals surface area contributed by atoms with Crippen LogP contribution in [-0.2, 0) is 0 Å². The predicted molar refractivity (Wildman–Crippen MR) is 112 cm³/mol. The van der Waals surface area contributed by atoms with Crippen molar-refractivity contribution < 1.29 is 4.48 Å². The number of para-hydroxylation sites is 1. The number of fused-ring (bicyclic) bond motifs is 1. The van der Waals surface area contributed by atoms with Crippen molar-refractivity contribution in [3.8, 4) is 0 Å². The maximum Gasteiger partial charge on any atom is 0.0794 e. The summed E-state index contributed by atoms with van der Waals surface area (Å²) >= 11 is 1.96. The maximum absolute atomic E-state index is 4.50. The third kappa shape index (κ3) is 8.13. The molecule has 0 bridgehead atoms. The molecule has 1 aromatic heterocycles. The van der Waals surface area contributed by atoms with E-state index in [-0.39, 0.29) is 0 Å². The van der Waals surface area contributed by atoms with Crippen LogP contribution in [0.3, 0.4) is 0 Å². The Labute approximate surface area is 153 Å². The summed E-state index contributed by atoms with van der Waals surface area (Å²) in [5, 5.41) is 1.20. The molecular formula is C20H36N3S+. The van der Waals surface area contributed by atoms with Crippen LogP contribution < -0.4 is 5.73 Å². The van der Waals surface area contributed by atoms with Crippen molar-refractivity contribution in [2.24, 2.45) is 5.73 Å². The fourth-order valence-electron chi connectivity index (χ4n) is 2.71. The lowest BCUT2D eigenvalue weighted by Gasteiger charge is -2.35. The average molecular weight is 351 g/mol. The van der Waals surface area contributed by atoms with E-state index in [1.807, 2.05) is 42.2 Å². The smallest absolute Gasteiger partial charge is 0.0794 e. The molecule has 0 spiro atoms. The number of thioether (sulfide) groups is 1. The highest BCUT2D eigenvalue weighted by Gasteiger charge is 2.19. The summed E-state index contributed by atoms with van der Waals surface area (Å²) in [4.78, 5) is 4.18. The topological polar surface area (TPSA) is 38.9 Å². The number of benzene rings is 1. The molecule has 2 rings (SSSR count). The van der Waals surface area contributed by atoms with Gasteiger partial charge in [-0.05, 0) is 52.0 Å². The molecule has 2 N–H and O–H groups in total. The summed E-state index contributed by atoms with van der Waals surface area (Å²) < 4.78 is 1.31. The molecule has 0 unspecified atom stereocenters. The van der Waals surface area contributed by atoms with Crippen molar-refractivity contribution in [2.45, 2.75) is 27.2 Å². The minimum Gasteiger partial charge on any atom is -0.333 e. The van der Waals surface area contributed by atoms with Crippen LogP contribution >= 0.6 is 11.8 Å². The van der Waals surface area contributed by atoms with Gasteiger partial charge in [-0.15, -0.1) is 0 Å². The van der Waals surface area contributed by atoms with E-state index >= 15 is 0 Å². The van der Waals surface area contributed by atoms with Crippen LogP contribution in [0.5, 0.6) is 0 Å². The first-order chi connectivity index (χ1) is 11.7. The Kier molecular flexibility index (Phi) is 13.6. The van der Waals surface area contributed by atoms with Gasteiger partial charge in [-0.25, -0.2) is 0 Å². The number of nitrogens with zero attached hydrogens (tertiary/aromatic N) is 2. The zero-order chi connectivity index (χ0) is 18.3. The van der Waals surface area contributed by atoms with Crippen molar-refractivity contribution in [2.75, 3.05) is 45.2 Å². The molecule has 0 saturated heterocycles. The Morgan fingerprint density at radius 2 is 1.54 bits per heavy atom. The number of quaternary nitrogens is 1. The van der Waals surface area contributed by atoms with Crippen LogP contribution in [-0.4, -0.2) is 54.7 Å². The highest BCUT2D eigenvalue weighted by Crippen LogP contribution is 2.09. The van der Waals surface area contributed by atoms with Crippen LogP contribution in [0.25, 0.3) is 10.9 Å². The van der Waals surface area contributed by atoms with Crippen LogP contribution in [0.2, 0.25) is 0 Å². The molecular weight excluding hydrogens is 314 g/mol. The SMILES string of the molecule is CC[N+](CC)(CC)CCCSC.CN.c1ccc2ncccc2c1. The normalized spacial score (nSPS) is 10.4. The zero-order valence-electron chi connectivity index (χ0n) is 16.2. The van der Waals surface area contributed by atoms with Gasteiger partial charge in [-0.3, -0.25) is 4.98 Å². The van der Waals surface area contributed by atoms with E-state index in [0.717, 1.165) is 5.52 Å². The number of hydrogen-bond acceptors (Lipinski definition) is 3. The van der Waals surface area contributed by atoms with E-state index in [2.05, 4.69) is 49.9 Å². The highest BCUT2D eigenvalue weighted by atomic mass is 32.2. The quantitative estimate of drug-likeness (QED) is 0.593. The Morgan fingerprint density at radius 1 is 0.958 bits per heavy atom. The van der Waals surface area contributed by atoms with Gasteiger partial charge in [0, 0.05) is 18.0 Å². The summed E-state index contributed by atoms with van der Waals surface area (Å²) in [6.07, 6.45) is 5.37. The standard InChI is InChI=1S/C10H24NS.C9H7N.CH5N/c1-5-11(6-2,7-3)9-8-10-12-4;1-2-6-9-8(4-1)5-3-7-10-9;1-2/h5-10H2,1-4H3;1-7H;2H2,1H3/q+1;;. The minimum atomic E-state index is 1.06. The van der Waals surface area contributed by atoms with Crippen molar-refractivity contribution >= 4 is 22.7 Å². The summed E-state index contributed by atoms with van der Waals surface area (Å²) in [5.74, 6) is 1.32. The first-order valence-electron chi connectivity index (χ1n) is 8.93. The molecule has 0 atom stereocenters. The third-order valence-electron chi connectivity index (χ3n) is 4.51. The van der Waals surface area contributed by atoms with Gasteiger partial charge in [-0.2, -0.15) is 11.8 Å². The van der Waals surface area contributed by atoms with Crippen molar-refractivity contribution in [3.05, 3.63) is 42.6 Å². The summed E-state index contributed by atoms with van der Waals surface area (Å²) in [6, 6.07) is 12.1. The zero-order valence-corrected chi connectivity index (χ0v) is 17.0. The molecule has 0 aliphatic rings. The van der Waals surface area contributed by atoms with Crippen molar-refractivity contribution in [3.63, 3.8) is 0 Å². The van der Waals surface area contributed by atoms with Crippen molar-refractivity contribution in [1.29, 1.82) is 0 Å². The first kappa shape index (κ1) is 22.9. The average Bonchev–Trinajstić information content (AvgIpc) is 2.68. The molecule has 0 fully saturated rings. The van der Waals surface area contributed by atoms with E-state index in [1.54, 1.807) is 0 Å². The van der Waals surface area contributed by atoms with E-state index in [1.165, 1.54) is 55.3 Å². The van der Waals surface area contributed by atoms with Gasteiger partial charge in [0.15, 0.2) is 0 Å². The number of rotatable bonds is 7. The molecule has 0 aliphatic heterocycles. The van der Waals surface area contributed by atoms with Crippen LogP contribution in [0.4, 0.5) is 0 Å². The minimum absolute atomic E-state index is 1.06. The van der Waals surface area contributed by atoms with Crippen LogP contribution in [0, 0.1) is 0 Å². The number of nitrogens with two attached hydrogens (primary N) is 1. The lowest BCUT2D eigenvalue weighted by molar-refractivity contribution is -0.923. The van der Waals surface area contributed by atoms with E-state index in [0.29, 0.717) is 0 Å². The Bertz CT molecular complexity index is 453. The second-order valence-corrected chi connectivity index (χ2v) is 6.54. The van der Waals surface area contributed by atoms with Gasteiger partial charge < -0.3 is 10.2 Å². The molecule has 1 aromatic carbocycles.